The van der Waals surface area contributed by atoms with E-state index in [2.05, 4.69) is 15.8 Å². The molecule has 2 aliphatic rings. The average Bonchev–Trinajstić information content (AvgIpc) is 3.81. The fourth-order valence-corrected chi connectivity index (χ4v) is 9.80. The van der Waals surface area contributed by atoms with Crippen molar-refractivity contribution in [3.8, 4) is 0 Å². The summed E-state index contributed by atoms with van der Waals surface area (Å²) >= 11 is 2.51. The van der Waals surface area contributed by atoms with Crippen molar-refractivity contribution >= 4 is 57.8 Å². The molecule has 3 amide bonds. The van der Waals surface area contributed by atoms with Crippen molar-refractivity contribution in [1.82, 2.24) is 20.1 Å². The van der Waals surface area contributed by atoms with Crippen molar-refractivity contribution in [1.29, 1.82) is 0 Å². The highest BCUT2D eigenvalue weighted by molar-refractivity contribution is 8.00. The van der Waals surface area contributed by atoms with Crippen LogP contribution in [-0.2, 0) is 29.4 Å². The van der Waals surface area contributed by atoms with E-state index in [1.54, 1.807) is 19.4 Å². The van der Waals surface area contributed by atoms with Gasteiger partial charge in [-0.1, -0.05) is 157 Å². The first kappa shape index (κ1) is 43.4. The Bertz CT molecular complexity index is 2530. The van der Waals surface area contributed by atoms with Gasteiger partial charge in [0.15, 0.2) is 16.9 Å². The van der Waals surface area contributed by atoms with E-state index in [1.165, 1.54) is 32.9 Å². The summed E-state index contributed by atoms with van der Waals surface area (Å²) in [6.07, 6.45) is -1.42. The molecule has 3 N–H and O–H groups in total. The predicted molar refractivity (Wildman–Crippen MR) is 246 cm³/mol. The van der Waals surface area contributed by atoms with Crippen LogP contribution in [-0.4, -0.2) is 86.9 Å². The largest absolute Gasteiger partial charge is 0.448 e. The molecule has 13 nitrogen and oxygen atoms in total. The van der Waals surface area contributed by atoms with Gasteiger partial charge in [0, 0.05) is 30.3 Å². The van der Waals surface area contributed by atoms with Gasteiger partial charge in [-0.2, -0.15) is 0 Å². The molecule has 0 aliphatic carbocycles. The Kier molecular flexibility index (Phi) is 13.2. The van der Waals surface area contributed by atoms with E-state index in [-0.39, 0.29) is 23.8 Å². The Labute approximate surface area is 378 Å². The first-order chi connectivity index (χ1) is 31.2. The molecule has 2 atom stereocenters. The summed E-state index contributed by atoms with van der Waals surface area (Å²) in [5.41, 5.74) is 3.33. The molecule has 5 aromatic carbocycles. The summed E-state index contributed by atoms with van der Waals surface area (Å²) in [5.74, 6) is -2.06. The van der Waals surface area contributed by atoms with Gasteiger partial charge in [-0.15, -0.1) is 23.1 Å². The van der Waals surface area contributed by atoms with Crippen LogP contribution in [0.25, 0.3) is 0 Å². The summed E-state index contributed by atoms with van der Waals surface area (Å²) < 4.78 is 11.8. The molecular weight excluding hydrogens is 849 g/mol. The van der Waals surface area contributed by atoms with Crippen LogP contribution in [0.4, 0.5) is 9.93 Å². The number of rotatable bonds is 15. The Balaban J connectivity index is 1.04. The normalized spacial score (nSPS) is 16.1. The van der Waals surface area contributed by atoms with E-state index in [0.717, 1.165) is 16.7 Å². The number of ether oxygens (including phenoxy) is 2. The number of anilines is 1. The summed E-state index contributed by atoms with van der Waals surface area (Å²) in [7, 11) is 1.59. The number of fused-ring (bicyclic) bond motifs is 1. The van der Waals surface area contributed by atoms with Gasteiger partial charge in [0.2, 0.25) is 0 Å². The topological polar surface area (TPSA) is 163 Å². The van der Waals surface area contributed by atoms with Gasteiger partial charge in [-0.3, -0.25) is 14.5 Å². The van der Waals surface area contributed by atoms with Gasteiger partial charge in [0.1, 0.15) is 35.0 Å². The maximum absolute atomic E-state index is 14.4. The Morgan fingerprint density at radius 1 is 0.844 bits per heavy atom. The number of thioether (sulfide) groups is 1. The quantitative estimate of drug-likeness (QED) is 0.0232. The number of β-lactam (4-membered cyclic amide) rings is 1. The average molecular weight is 893 g/mol. The van der Waals surface area contributed by atoms with Crippen LogP contribution in [0.5, 0.6) is 0 Å². The fraction of sp³-hybridized carbons (Fsp3) is 0.184. The number of carbonyl (C=O) groups is 4. The zero-order valence-corrected chi connectivity index (χ0v) is 36.5. The predicted octanol–water partition coefficient (Wildman–Crippen LogP) is 7.80. The molecule has 324 valence electrons. The number of nitrogens with zero attached hydrogens (tertiary/aromatic N) is 4. The van der Waals surface area contributed by atoms with Gasteiger partial charge in [0.25, 0.3) is 11.8 Å². The van der Waals surface area contributed by atoms with Crippen molar-refractivity contribution in [2.75, 3.05) is 31.3 Å². The number of thiazole rings is 1. The highest BCUT2D eigenvalue weighted by atomic mass is 32.2. The minimum atomic E-state index is -1.11. The number of esters is 1. The second-order valence-corrected chi connectivity index (χ2v) is 16.9. The maximum atomic E-state index is 14.4. The summed E-state index contributed by atoms with van der Waals surface area (Å²) in [6, 6.07) is 47.2. The molecule has 1 aromatic heterocycles. The van der Waals surface area contributed by atoms with Crippen molar-refractivity contribution in [3.63, 3.8) is 0 Å². The number of nitrogens with one attached hydrogen (secondary N) is 2. The minimum absolute atomic E-state index is 0.0620. The van der Waals surface area contributed by atoms with Crippen LogP contribution < -0.4 is 10.6 Å². The molecule has 2 aliphatic heterocycles. The van der Waals surface area contributed by atoms with Gasteiger partial charge < -0.3 is 30.2 Å². The third kappa shape index (κ3) is 8.72. The lowest BCUT2D eigenvalue weighted by Crippen LogP contribution is -2.71. The summed E-state index contributed by atoms with van der Waals surface area (Å²) in [5, 5.41) is 21.3. The highest BCUT2D eigenvalue weighted by Crippen LogP contribution is 2.43. The lowest BCUT2D eigenvalue weighted by Gasteiger charge is -2.49. The fourth-order valence-electron chi connectivity index (χ4n) is 7.72. The van der Waals surface area contributed by atoms with Crippen molar-refractivity contribution < 1.29 is 33.9 Å². The van der Waals surface area contributed by atoms with Crippen LogP contribution >= 0.6 is 23.1 Å². The zero-order valence-electron chi connectivity index (χ0n) is 34.9. The smallest absolute Gasteiger partial charge is 0.409 e. The third-order valence-electron chi connectivity index (χ3n) is 11.1. The van der Waals surface area contributed by atoms with E-state index in [9.17, 15) is 24.4 Å². The Morgan fingerprint density at radius 3 is 1.86 bits per heavy atom. The number of aromatic nitrogens is 1. The molecule has 15 heteroatoms. The van der Waals surface area contributed by atoms with Gasteiger partial charge >= 0.3 is 12.1 Å². The van der Waals surface area contributed by atoms with Crippen LogP contribution in [0, 0.1) is 0 Å². The van der Waals surface area contributed by atoms with Crippen molar-refractivity contribution in [3.05, 3.63) is 202 Å². The molecule has 0 saturated carbocycles. The standard InChI is InChI=1S/C49H44N6O7S2/c1-3-54(2)48(59)61-29-34-30-63-45-40(44(57)55(45)41(34)46(58)62-42(32-19-9-4-10-20-32)33-21-11-5-12-22-33)51-43(56)39(53-60)38-31-64-47(50-38)52-49(35-23-13-6-14-24-35,36-25-15-7-16-26-36)37-27-17-8-18-28-37/h4-28,31,40,42,45,60H,3,29-30H2,1-2H3,(H,50,52)(H,51,56)/b53-39-/t40-,45-/m1/s1. The summed E-state index contributed by atoms with van der Waals surface area (Å²) in [4.78, 5) is 62.6. The first-order valence-electron chi connectivity index (χ1n) is 20.5. The third-order valence-corrected chi connectivity index (χ3v) is 13.2. The lowest BCUT2D eigenvalue weighted by molar-refractivity contribution is -0.154. The van der Waals surface area contributed by atoms with Crippen LogP contribution in [0.1, 0.15) is 46.5 Å². The van der Waals surface area contributed by atoms with Gasteiger partial charge in [-0.05, 0) is 34.7 Å². The molecular formula is C49H44N6O7S2. The maximum Gasteiger partial charge on any atom is 0.409 e. The summed E-state index contributed by atoms with van der Waals surface area (Å²) in [6.45, 7) is 1.94. The van der Waals surface area contributed by atoms with E-state index < -0.39 is 52.6 Å². The lowest BCUT2D eigenvalue weighted by atomic mass is 9.77. The molecule has 0 radical (unpaired) electrons. The minimum Gasteiger partial charge on any atom is -0.448 e. The second-order valence-electron chi connectivity index (χ2n) is 14.9. The monoisotopic (exact) mass is 892 g/mol. The van der Waals surface area contributed by atoms with E-state index in [4.69, 9.17) is 14.5 Å². The molecule has 0 bridgehead atoms. The zero-order chi connectivity index (χ0) is 44.6. The first-order valence-corrected chi connectivity index (χ1v) is 22.4. The van der Waals surface area contributed by atoms with Crippen LogP contribution in [0.2, 0.25) is 0 Å². The van der Waals surface area contributed by atoms with Gasteiger partial charge in [-0.25, -0.2) is 14.6 Å². The number of hydrogen-bond donors (Lipinski definition) is 3. The van der Waals surface area contributed by atoms with Crippen molar-refractivity contribution in [2.45, 2.75) is 30.0 Å². The second kappa shape index (κ2) is 19.4. The molecule has 6 aromatic rings. The number of benzene rings is 5. The Morgan fingerprint density at radius 2 is 1.36 bits per heavy atom. The molecule has 3 heterocycles. The molecule has 0 spiro atoms. The van der Waals surface area contributed by atoms with Crippen LogP contribution in [0.3, 0.4) is 0 Å². The number of hydrogen-bond acceptors (Lipinski definition) is 12. The molecule has 0 unspecified atom stereocenters. The number of carbonyl (C=O) groups excluding carboxylic acids is 4. The van der Waals surface area contributed by atoms with E-state index in [0.29, 0.717) is 28.4 Å². The van der Waals surface area contributed by atoms with E-state index >= 15 is 0 Å². The Hall–Kier alpha value is -7.23. The number of amides is 3. The number of oxime groups is 1. The van der Waals surface area contributed by atoms with E-state index in [1.807, 2.05) is 152 Å². The molecule has 1 fully saturated rings. The SMILES string of the molecule is CCN(C)C(=O)OCC1=C(C(=O)OC(c2ccccc2)c2ccccc2)N2C(=O)[C@@H](NC(=O)/C(=N\O)c3csc(NC(c4ccccc4)(c4ccccc4)c4ccccc4)n3)[C@H]2SC1. The van der Waals surface area contributed by atoms with Gasteiger partial charge in [0.05, 0.1) is 0 Å². The van der Waals surface area contributed by atoms with Crippen LogP contribution in [0.15, 0.2) is 173 Å². The molecule has 64 heavy (non-hydrogen) atoms. The molecule has 1 saturated heterocycles. The molecule has 8 rings (SSSR count). The van der Waals surface area contributed by atoms with Crippen molar-refractivity contribution in [2.24, 2.45) is 5.16 Å². The highest BCUT2D eigenvalue weighted by Gasteiger charge is 2.55.